The zero-order valence-electron chi connectivity index (χ0n) is 11.2. The molecule has 1 aromatic carbocycles. The zero-order chi connectivity index (χ0) is 13.5. The average Bonchev–Trinajstić information content (AvgIpc) is 2.27. The van der Waals surface area contributed by atoms with Crippen LogP contribution in [0.3, 0.4) is 0 Å². The fourth-order valence-electron chi connectivity index (χ4n) is 1.55. The smallest absolute Gasteiger partial charge is 0.138 e. The van der Waals surface area contributed by atoms with Crippen molar-refractivity contribution >= 4 is 15.9 Å². The maximum Gasteiger partial charge on any atom is 0.138 e. The fraction of sp³-hybridized carbons (Fsp3) is 0.571. The van der Waals surface area contributed by atoms with Gasteiger partial charge in [0, 0.05) is 12.1 Å². The molecule has 0 fully saturated rings. The second-order valence-corrected chi connectivity index (χ2v) is 5.77. The Kier molecular flexibility index (Phi) is 6.68. The second kappa shape index (κ2) is 7.77. The highest BCUT2D eigenvalue weighted by Gasteiger charge is 2.09. The number of rotatable bonds is 7. The van der Waals surface area contributed by atoms with Gasteiger partial charge in [0.1, 0.15) is 12.4 Å². The molecule has 0 radical (unpaired) electrons. The van der Waals surface area contributed by atoms with Crippen molar-refractivity contribution in [3.63, 3.8) is 0 Å². The van der Waals surface area contributed by atoms with E-state index in [0.717, 1.165) is 28.9 Å². The number of aliphatic hydroxyl groups excluding tert-OH is 1. The Morgan fingerprint density at radius 1 is 1.33 bits per heavy atom. The molecule has 0 saturated heterocycles. The normalized spacial score (nSPS) is 12.8. The van der Waals surface area contributed by atoms with Crippen molar-refractivity contribution in [3.8, 4) is 5.75 Å². The molecule has 1 unspecified atom stereocenters. The summed E-state index contributed by atoms with van der Waals surface area (Å²) in [6.45, 7) is 8.12. The number of para-hydroxylation sites is 1. The van der Waals surface area contributed by atoms with E-state index < -0.39 is 6.10 Å². The Bertz CT molecular complexity index is 367. The third kappa shape index (κ3) is 5.38. The van der Waals surface area contributed by atoms with Crippen molar-refractivity contribution < 1.29 is 9.84 Å². The molecule has 102 valence electrons. The van der Waals surface area contributed by atoms with Gasteiger partial charge in [0.2, 0.25) is 0 Å². The minimum atomic E-state index is -0.464. The Morgan fingerprint density at radius 3 is 2.67 bits per heavy atom. The average molecular weight is 316 g/mol. The van der Waals surface area contributed by atoms with Gasteiger partial charge in [-0.3, -0.25) is 0 Å². The molecule has 18 heavy (non-hydrogen) atoms. The zero-order valence-corrected chi connectivity index (χ0v) is 12.8. The highest BCUT2D eigenvalue weighted by molar-refractivity contribution is 9.10. The van der Waals surface area contributed by atoms with Crippen molar-refractivity contribution in [1.29, 1.82) is 0 Å². The Labute approximate surface area is 118 Å². The third-order valence-electron chi connectivity index (χ3n) is 2.39. The van der Waals surface area contributed by atoms with Crippen molar-refractivity contribution in [1.82, 2.24) is 5.32 Å². The van der Waals surface area contributed by atoms with Crippen LogP contribution in [0.2, 0.25) is 0 Å². The number of benzene rings is 1. The van der Waals surface area contributed by atoms with E-state index in [4.69, 9.17) is 4.74 Å². The number of halogens is 1. The van der Waals surface area contributed by atoms with E-state index in [2.05, 4.69) is 35.1 Å². The number of hydrogen-bond acceptors (Lipinski definition) is 3. The monoisotopic (exact) mass is 315 g/mol. The lowest BCUT2D eigenvalue weighted by atomic mass is 10.2. The minimum Gasteiger partial charge on any atom is -0.489 e. The molecular formula is C14H22BrNO2. The van der Waals surface area contributed by atoms with E-state index in [1.165, 1.54) is 0 Å². The van der Waals surface area contributed by atoms with Crippen LogP contribution in [0.25, 0.3) is 0 Å². The maximum atomic E-state index is 9.29. The van der Waals surface area contributed by atoms with Gasteiger partial charge in [-0.2, -0.15) is 0 Å². The lowest BCUT2D eigenvalue weighted by Gasteiger charge is -2.15. The van der Waals surface area contributed by atoms with Crippen LogP contribution in [0.4, 0.5) is 0 Å². The van der Waals surface area contributed by atoms with Crippen LogP contribution in [-0.4, -0.2) is 24.4 Å². The van der Waals surface area contributed by atoms with Crippen molar-refractivity contribution in [2.24, 2.45) is 5.92 Å². The predicted octanol–water partition coefficient (Wildman–Crippen LogP) is 2.95. The van der Waals surface area contributed by atoms with Crippen LogP contribution >= 0.6 is 15.9 Å². The number of aliphatic hydroxyl groups is 1. The van der Waals surface area contributed by atoms with Gasteiger partial charge in [0.15, 0.2) is 0 Å². The summed E-state index contributed by atoms with van der Waals surface area (Å²) in [6.07, 6.45) is -0.464. The second-order valence-electron chi connectivity index (χ2n) is 4.91. The summed E-state index contributed by atoms with van der Waals surface area (Å²) < 4.78 is 6.57. The van der Waals surface area contributed by atoms with Gasteiger partial charge in [0.05, 0.1) is 10.6 Å². The molecule has 0 spiro atoms. The van der Waals surface area contributed by atoms with Crippen LogP contribution in [0, 0.1) is 5.92 Å². The fourth-order valence-corrected chi connectivity index (χ4v) is 2.08. The lowest BCUT2D eigenvalue weighted by Crippen LogP contribution is -2.20. The van der Waals surface area contributed by atoms with Crippen LogP contribution < -0.4 is 10.1 Å². The van der Waals surface area contributed by atoms with Crippen LogP contribution in [0.5, 0.6) is 5.75 Å². The first kappa shape index (κ1) is 15.5. The summed E-state index contributed by atoms with van der Waals surface area (Å²) in [5, 5.41) is 12.7. The molecule has 4 heteroatoms. The quantitative estimate of drug-likeness (QED) is 0.813. The summed E-state index contributed by atoms with van der Waals surface area (Å²) in [4.78, 5) is 0. The molecule has 2 N–H and O–H groups in total. The molecule has 0 aliphatic carbocycles. The molecule has 0 amide bonds. The van der Waals surface area contributed by atoms with Gasteiger partial charge >= 0.3 is 0 Å². The Morgan fingerprint density at radius 2 is 2.06 bits per heavy atom. The third-order valence-corrected chi connectivity index (χ3v) is 3.01. The van der Waals surface area contributed by atoms with Crippen LogP contribution in [0.15, 0.2) is 22.7 Å². The van der Waals surface area contributed by atoms with E-state index in [9.17, 15) is 5.11 Å². The SMILES string of the molecule is CC(C)CNCc1cccc(Br)c1OCC(C)O. The molecule has 0 aliphatic heterocycles. The largest absolute Gasteiger partial charge is 0.489 e. The first-order valence-electron chi connectivity index (χ1n) is 6.29. The summed E-state index contributed by atoms with van der Waals surface area (Å²) in [5.41, 5.74) is 1.10. The van der Waals surface area contributed by atoms with E-state index in [1.54, 1.807) is 6.92 Å². The standard InChI is InChI=1S/C14H22BrNO2/c1-10(2)7-16-8-12-5-4-6-13(15)14(12)18-9-11(3)17/h4-6,10-11,16-17H,7-9H2,1-3H3. The van der Waals surface area contributed by atoms with E-state index >= 15 is 0 Å². The van der Waals surface area contributed by atoms with Crippen molar-refractivity contribution in [2.75, 3.05) is 13.2 Å². The minimum absolute atomic E-state index is 0.305. The maximum absolute atomic E-state index is 9.29. The molecule has 0 aliphatic rings. The lowest BCUT2D eigenvalue weighted by molar-refractivity contribution is 0.121. The van der Waals surface area contributed by atoms with Crippen molar-refractivity contribution in [2.45, 2.75) is 33.4 Å². The van der Waals surface area contributed by atoms with Gasteiger partial charge < -0.3 is 15.2 Å². The molecule has 0 saturated carbocycles. The molecule has 1 atom stereocenters. The topological polar surface area (TPSA) is 41.5 Å². The summed E-state index contributed by atoms with van der Waals surface area (Å²) in [6, 6.07) is 5.98. The molecule has 0 heterocycles. The molecule has 1 aromatic rings. The van der Waals surface area contributed by atoms with E-state index in [-0.39, 0.29) is 0 Å². The van der Waals surface area contributed by atoms with Crippen molar-refractivity contribution in [3.05, 3.63) is 28.2 Å². The van der Waals surface area contributed by atoms with Gasteiger partial charge in [-0.25, -0.2) is 0 Å². The molecule has 0 aromatic heterocycles. The molecular weight excluding hydrogens is 294 g/mol. The van der Waals surface area contributed by atoms with Gasteiger partial charge in [-0.15, -0.1) is 0 Å². The summed E-state index contributed by atoms with van der Waals surface area (Å²) in [7, 11) is 0. The van der Waals surface area contributed by atoms with Gasteiger partial charge in [-0.05, 0) is 41.4 Å². The summed E-state index contributed by atoms with van der Waals surface area (Å²) in [5.74, 6) is 1.44. The van der Waals surface area contributed by atoms with Gasteiger partial charge in [0.25, 0.3) is 0 Å². The van der Waals surface area contributed by atoms with Crippen LogP contribution in [0.1, 0.15) is 26.3 Å². The highest BCUT2D eigenvalue weighted by atomic mass is 79.9. The number of nitrogens with one attached hydrogen (secondary N) is 1. The Hall–Kier alpha value is -0.580. The van der Waals surface area contributed by atoms with E-state index in [0.29, 0.717) is 12.5 Å². The molecule has 3 nitrogen and oxygen atoms in total. The predicted molar refractivity (Wildman–Crippen MR) is 77.9 cm³/mol. The van der Waals surface area contributed by atoms with Gasteiger partial charge in [-0.1, -0.05) is 26.0 Å². The number of hydrogen-bond donors (Lipinski definition) is 2. The summed E-state index contributed by atoms with van der Waals surface area (Å²) >= 11 is 3.48. The molecule has 0 bridgehead atoms. The Balaban J connectivity index is 2.67. The molecule has 1 rings (SSSR count). The first-order chi connectivity index (χ1) is 8.50. The van der Waals surface area contributed by atoms with E-state index in [1.807, 2.05) is 18.2 Å². The first-order valence-corrected chi connectivity index (χ1v) is 7.09. The number of ether oxygens (including phenoxy) is 1. The van der Waals surface area contributed by atoms with Crippen LogP contribution in [-0.2, 0) is 6.54 Å². The highest BCUT2D eigenvalue weighted by Crippen LogP contribution is 2.29.